The molecular weight excluding hydrogens is 336 g/mol. The molecule has 2 aromatic carbocycles. The van der Waals surface area contributed by atoms with Gasteiger partial charge in [0.05, 0.1) is 13.0 Å². The molecule has 2 rings (SSSR count). The molecule has 7 nitrogen and oxygen atoms in total. The third kappa shape index (κ3) is 7.04. The highest BCUT2D eigenvalue weighted by Crippen LogP contribution is 2.12. The molecule has 0 spiro atoms. The summed E-state index contributed by atoms with van der Waals surface area (Å²) < 4.78 is 10.2. The van der Waals surface area contributed by atoms with Crippen molar-refractivity contribution in [3.05, 3.63) is 60.2 Å². The Bertz CT molecular complexity index is 762. The summed E-state index contributed by atoms with van der Waals surface area (Å²) in [5.41, 5.74) is 1.60. The van der Waals surface area contributed by atoms with Crippen LogP contribution in [0.4, 0.5) is 10.5 Å². The summed E-state index contributed by atoms with van der Waals surface area (Å²) in [5, 5.41) is 4.56. The van der Waals surface area contributed by atoms with Gasteiger partial charge in [0.1, 0.15) is 5.75 Å². The summed E-state index contributed by atoms with van der Waals surface area (Å²) in [6.45, 7) is 1.54. The predicted octanol–water partition coefficient (Wildman–Crippen LogP) is 2.66. The molecule has 0 saturated carbocycles. The van der Waals surface area contributed by atoms with Gasteiger partial charge in [0.2, 0.25) is 0 Å². The standard InChI is InChI=1S/C19H20N2O5/c1-14-6-5-9-16(12-14)25-11-10-18(23)26-13-17(22)21-19(24)20-15-7-3-2-4-8-15/h2-9,12H,10-11,13H2,1H3,(H2,20,21,22,24). The lowest BCUT2D eigenvalue weighted by molar-refractivity contribution is -0.148. The molecule has 0 saturated heterocycles. The molecule has 0 unspecified atom stereocenters. The Morgan fingerprint density at radius 2 is 1.77 bits per heavy atom. The second kappa shape index (κ2) is 9.83. The lowest BCUT2D eigenvalue weighted by Gasteiger charge is -2.08. The van der Waals surface area contributed by atoms with Crippen molar-refractivity contribution in [1.82, 2.24) is 5.32 Å². The van der Waals surface area contributed by atoms with Gasteiger partial charge in [-0.25, -0.2) is 4.79 Å². The highest BCUT2D eigenvalue weighted by Gasteiger charge is 2.11. The van der Waals surface area contributed by atoms with Gasteiger partial charge in [-0.15, -0.1) is 0 Å². The van der Waals surface area contributed by atoms with Gasteiger partial charge in [-0.2, -0.15) is 0 Å². The molecule has 0 bridgehead atoms. The van der Waals surface area contributed by atoms with E-state index in [1.54, 1.807) is 36.4 Å². The summed E-state index contributed by atoms with van der Waals surface area (Å²) in [4.78, 5) is 34.8. The van der Waals surface area contributed by atoms with Crippen LogP contribution in [-0.2, 0) is 14.3 Å². The van der Waals surface area contributed by atoms with Gasteiger partial charge in [-0.05, 0) is 36.8 Å². The lowest BCUT2D eigenvalue weighted by atomic mass is 10.2. The summed E-state index contributed by atoms with van der Waals surface area (Å²) >= 11 is 0. The van der Waals surface area contributed by atoms with E-state index in [4.69, 9.17) is 9.47 Å². The van der Waals surface area contributed by atoms with Crippen LogP contribution >= 0.6 is 0 Å². The fourth-order valence-electron chi connectivity index (χ4n) is 2.02. The van der Waals surface area contributed by atoms with Crippen molar-refractivity contribution in [3.8, 4) is 5.75 Å². The van der Waals surface area contributed by atoms with Gasteiger partial charge in [0.15, 0.2) is 6.61 Å². The Morgan fingerprint density at radius 1 is 1.00 bits per heavy atom. The number of nitrogens with one attached hydrogen (secondary N) is 2. The number of carbonyl (C=O) groups excluding carboxylic acids is 3. The fraction of sp³-hybridized carbons (Fsp3) is 0.211. The maximum atomic E-state index is 11.6. The number of imide groups is 1. The molecule has 26 heavy (non-hydrogen) atoms. The Balaban J connectivity index is 1.62. The first-order valence-corrected chi connectivity index (χ1v) is 8.04. The lowest BCUT2D eigenvalue weighted by Crippen LogP contribution is -2.37. The van der Waals surface area contributed by atoms with Crippen molar-refractivity contribution in [1.29, 1.82) is 0 Å². The molecule has 2 N–H and O–H groups in total. The fourth-order valence-corrected chi connectivity index (χ4v) is 2.02. The van der Waals surface area contributed by atoms with E-state index in [2.05, 4.69) is 10.6 Å². The van der Waals surface area contributed by atoms with Crippen LogP contribution in [0.5, 0.6) is 5.75 Å². The second-order valence-electron chi connectivity index (χ2n) is 5.44. The highest BCUT2D eigenvalue weighted by atomic mass is 16.5. The number of ether oxygens (including phenoxy) is 2. The van der Waals surface area contributed by atoms with Gasteiger partial charge in [0, 0.05) is 5.69 Å². The molecule has 136 valence electrons. The van der Waals surface area contributed by atoms with Crippen LogP contribution in [0, 0.1) is 6.92 Å². The van der Waals surface area contributed by atoms with Gasteiger partial charge < -0.3 is 14.8 Å². The van der Waals surface area contributed by atoms with Crippen molar-refractivity contribution in [3.63, 3.8) is 0 Å². The zero-order valence-electron chi connectivity index (χ0n) is 14.4. The van der Waals surface area contributed by atoms with Crippen LogP contribution in [-0.4, -0.2) is 31.1 Å². The first-order valence-electron chi connectivity index (χ1n) is 8.04. The topological polar surface area (TPSA) is 93.7 Å². The van der Waals surface area contributed by atoms with E-state index in [1.165, 1.54) is 0 Å². The van der Waals surface area contributed by atoms with E-state index in [-0.39, 0.29) is 13.0 Å². The molecule has 0 heterocycles. The normalized spacial score (nSPS) is 9.88. The smallest absolute Gasteiger partial charge is 0.325 e. The van der Waals surface area contributed by atoms with Crippen LogP contribution in [0.3, 0.4) is 0 Å². The first-order chi connectivity index (χ1) is 12.5. The number of rotatable bonds is 7. The van der Waals surface area contributed by atoms with Crippen LogP contribution in [0.2, 0.25) is 0 Å². The molecule has 0 radical (unpaired) electrons. The third-order valence-electron chi connectivity index (χ3n) is 3.21. The summed E-state index contributed by atoms with van der Waals surface area (Å²) in [5.74, 6) is -0.643. The van der Waals surface area contributed by atoms with Crippen LogP contribution < -0.4 is 15.4 Å². The maximum absolute atomic E-state index is 11.6. The van der Waals surface area contributed by atoms with Crippen LogP contribution in [0.25, 0.3) is 0 Å². The number of hydrogen-bond donors (Lipinski definition) is 2. The molecule has 2 aromatic rings. The largest absolute Gasteiger partial charge is 0.493 e. The number of urea groups is 1. The minimum absolute atomic E-state index is 0.00255. The number of carbonyl (C=O) groups is 3. The van der Waals surface area contributed by atoms with Crippen LogP contribution in [0.1, 0.15) is 12.0 Å². The molecular formula is C19H20N2O5. The Labute approximate surface area is 151 Å². The number of aryl methyl sites for hydroxylation is 1. The summed E-state index contributed by atoms with van der Waals surface area (Å²) in [6.07, 6.45) is -0.00255. The van der Waals surface area contributed by atoms with E-state index in [1.807, 2.05) is 25.1 Å². The number of anilines is 1. The minimum atomic E-state index is -0.716. The minimum Gasteiger partial charge on any atom is -0.493 e. The third-order valence-corrected chi connectivity index (χ3v) is 3.21. The zero-order valence-corrected chi connectivity index (χ0v) is 14.4. The molecule has 7 heteroatoms. The first kappa shape index (κ1) is 19.0. The predicted molar refractivity (Wildman–Crippen MR) is 95.9 cm³/mol. The SMILES string of the molecule is Cc1cccc(OCCC(=O)OCC(=O)NC(=O)Nc2ccccc2)c1. The number of esters is 1. The molecule has 3 amide bonds. The molecule has 0 atom stereocenters. The van der Waals surface area contributed by atoms with Gasteiger partial charge >= 0.3 is 12.0 Å². The number of benzene rings is 2. The Morgan fingerprint density at radius 3 is 2.50 bits per heavy atom. The summed E-state index contributed by atoms with van der Waals surface area (Å²) in [6, 6.07) is 15.4. The average molecular weight is 356 g/mol. The number of hydrogen-bond acceptors (Lipinski definition) is 5. The van der Waals surface area contributed by atoms with Crippen molar-refractivity contribution < 1.29 is 23.9 Å². The van der Waals surface area contributed by atoms with Crippen molar-refractivity contribution in [2.75, 3.05) is 18.5 Å². The molecule has 0 fully saturated rings. The zero-order chi connectivity index (χ0) is 18.8. The van der Waals surface area contributed by atoms with E-state index < -0.39 is 24.5 Å². The Hall–Kier alpha value is -3.35. The molecule has 0 aliphatic rings. The molecule has 0 aliphatic carbocycles. The van der Waals surface area contributed by atoms with Crippen molar-refractivity contribution in [2.45, 2.75) is 13.3 Å². The van der Waals surface area contributed by atoms with E-state index in [0.717, 1.165) is 5.56 Å². The van der Waals surface area contributed by atoms with E-state index in [0.29, 0.717) is 11.4 Å². The quantitative estimate of drug-likeness (QED) is 0.744. The van der Waals surface area contributed by atoms with Crippen LogP contribution in [0.15, 0.2) is 54.6 Å². The molecule has 0 aliphatic heterocycles. The highest BCUT2D eigenvalue weighted by molar-refractivity contribution is 6.01. The van der Waals surface area contributed by atoms with Crippen molar-refractivity contribution >= 4 is 23.6 Å². The van der Waals surface area contributed by atoms with Gasteiger partial charge in [-0.3, -0.25) is 14.9 Å². The maximum Gasteiger partial charge on any atom is 0.325 e. The monoisotopic (exact) mass is 356 g/mol. The van der Waals surface area contributed by atoms with E-state index in [9.17, 15) is 14.4 Å². The van der Waals surface area contributed by atoms with Crippen molar-refractivity contribution in [2.24, 2.45) is 0 Å². The number of para-hydroxylation sites is 1. The average Bonchev–Trinajstić information content (AvgIpc) is 2.61. The summed E-state index contributed by atoms with van der Waals surface area (Å²) in [7, 11) is 0. The van der Waals surface area contributed by atoms with Gasteiger partial charge in [0.25, 0.3) is 5.91 Å². The Kier molecular flexibility index (Phi) is 7.17. The second-order valence-corrected chi connectivity index (χ2v) is 5.44. The molecule has 0 aromatic heterocycles. The number of amides is 3. The van der Waals surface area contributed by atoms with Gasteiger partial charge in [-0.1, -0.05) is 30.3 Å². The van der Waals surface area contributed by atoms with E-state index >= 15 is 0 Å².